The third kappa shape index (κ3) is 2.89. The van der Waals surface area contributed by atoms with Gasteiger partial charge in [-0.1, -0.05) is 0 Å². The van der Waals surface area contributed by atoms with Crippen LogP contribution in [0.2, 0.25) is 0 Å². The van der Waals surface area contributed by atoms with Crippen molar-refractivity contribution in [1.29, 1.82) is 0 Å². The molecule has 3 fully saturated rings. The van der Waals surface area contributed by atoms with E-state index in [0.717, 1.165) is 18.4 Å². The molecule has 0 aromatic carbocycles. The van der Waals surface area contributed by atoms with E-state index in [2.05, 4.69) is 16.8 Å². The Labute approximate surface area is 112 Å². The van der Waals surface area contributed by atoms with Crippen molar-refractivity contribution in [2.24, 2.45) is 17.6 Å². The summed E-state index contributed by atoms with van der Waals surface area (Å²) in [5, 5.41) is 0. The van der Waals surface area contributed by atoms with E-state index < -0.39 is 0 Å². The fourth-order valence-corrected chi connectivity index (χ4v) is 3.58. The van der Waals surface area contributed by atoms with Crippen LogP contribution in [0.5, 0.6) is 0 Å². The van der Waals surface area contributed by atoms with E-state index in [0.29, 0.717) is 0 Å². The van der Waals surface area contributed by atoms with Crippen LogP contribution in [0.1, 0.15) is 38.5 Å². The molecule has 18 heavy (non-hydrogen) atoms. The highest BCUT2D eigenvalue weighted by atomic mass is 15.3. The molecule has 2 aliphatic carbocycles. The van der Waals surface area contributed by atoms with Crippen molar-refractivity contribution in [1.82, 2.24) is 9.80 Å². The van der Waals surface area contributed by atoms with Crippen LogP contribution >= 0.6 is 0 Å². The van der Waals surface area contributed by atoms with Gasteiger partial charge in [-0.2, -0.15) is 0 Å². The second kappa shape index (κ2) is 5.10. The molecule has 0 aromatic rings. The molecule has 3 nitrogen and oxygen atoms in total. The van der Waals surface area contributed by atoms with Crippen molar-refractivity contribution in [2.45, 2.75) is 44.1 Å². The summed E-state index contributed by atoms with van der Waals surface area (Å²) in [4.78, 5) is 5.29. The SMILES string of the molecule is CN1CCCC(CN)(N(CC2CC2)CC2CC2)C1. The maximum Gasteiger partial charge on any atom is 0.0458 e. The zero-order valence-corrected chi connectivity index (χ0v) is 11.9. The van der Waals surface area contributed by atoms with Crippen molar-refractivity contribution in [3.8, 4) is 0 Å². The van der Waals surface area contributed by atoms with Gasteiger partial charge in [0.2, 0.25) is 0 Å². The quantitative estimate of drug-likeness (QED) is 0.777. The molecule has 1 unspecified atom stereocenters. The lowest BCUT2D eigenvalue weighted by Gasteiger charge is -2.49. The first-order chi connectivity index (χ1) is 8.72. The molecule has 1 heterocycles. The maximum atomic E-state index is 6.23. The Balaban J connectivity index is 1.70. The summed E-state index contributed by atoms with van der Waals surface area (Å²) in [6.07, 6.45) is 8.46. The van der Waals surface area contributed by atoms with Crippen LogP contribution in [-0.4, -0.2) is 55.1 Å². The molecular weight excluding hydrogens is 222 g/mol. The Bertz CT molecular complexity index is 271. The van der Waals surface area contributed by atoms with E-state index in [1.54, 1.807) is 0 Å². The Hall–Kier alpha value is -0.120. The smallest absolute Gasteiger partial charge is 0.0458 e. The first kappa shape index (κ1) is 12.9. The van der Waals surface area contributed by atoms with E-state index in [4.69, 9.17) is 5.73 Å². The molecule has 0 spiro atoms. The van der Waals surface area contributed by atoms with Gasteiger partial charge in [0.15, 0.2) is 0 Å². The molecule has 2 N–H and O–H groups in total. The second-order valence-corrected chi connectivity index (χ2v) is 7.06. The predicted molar refractivity (Wildman–Crippen MR) is 75.5 cm³/mol. The van der Waals surface area contributed by atoms with E-state index >= 15 is 0 Å². The zero-order valence-electron chi connectivity index (χ0n) is 11.9. The van der Waals surface area contributed by atoms with Gasteiger partial charge in [-0.15, -0.1) is 0 Å². The van der Waals surface area contributed by atoms with Gasteiger partial charge >= 0.3 is 0 Å². The monoisotopic (exact) mass is 251 g/mol. The predicted octanol–water partition coefficient (Wildman–Crippen LogP) is 1.53. The molecule has 0 bridgehead atoms. The van der Waals surface area contributed by atoms with Crippen LogP contribution < -0.4 is 5.73 Å². The van der Waals surface area contributed by atoms with Gasteiger partial charge in [-0.05, 0) is 64.0 Å². The molecule has 3 heteroatoms. The van der Waals surface area contributed by atoms with Gasteiger partial charge in [0.05, 0.1) is 0 Å². The topological polar surface area (TPSA) is 32.5 Å². The number of piperidine rings is 1. The number of likely N-dealkylation sites (tertiary alicyclic amines) is 1. The number of nitrogens with two attached hydrogens (primary N) is 1. The molecule has 0 aromatic heterocycles. The maximum absolute atomic E-state index is 6.23. The van der Waals surface area contributed by atoms with Gasteiger partial charge in [0.1, 0.15) is 0 Å². The van der Waals surface area contributed by atoms with E-state index in [1.807, 2.05) is 0 Å². The molecular formula is C15H29N3. The van der Waals surface area contributed by atoms with Crippen LogP contribution in [0.15, 0.2) is 0 Å². The van der Waals surface area contributed by atoms with E-state index in [1.165, 1.54) is 64.7 Å². The summed E-state index contributed by atoms with van der Waals surface area (Å²) in [7, 11) is 2.26. The summed E-state index contributed by atoms with van der Waals surface area (Å²) in [6.45, 7) is 5.92. The third-order valence-corrected chi connectivity index (χ3v) is 5.15. The van der Waals surface area contributed by atoms with Crippen molar-refractivity contribution >= 4 is 0 Å². The summed E-state index contributed by atoms with van der Waals surface area (Å²) < 4.78 is 0. The number of hydrogen-bond acceptors (Lipinski definition) is 3. The molecule has 0 radical (unpaired) electrons. The molecule has 104 valence electrons. The van der Waals surface area contributed by atoms with Crippen molar-refractivity contribution in [3.63, 3.8) is 0 Å². The van der Waals surface area contributed by atoms with Crippen LogP contribution in [0.25, 0.3) is 0 Å². The molecule has 0 amide bonds. The normalized spacial score (nSPS) is 34.2. The molecule has 3 aliphatic rings. The van der Waals surface area contributed by atoms with Gasteiger partial charge in [-0.3, -0.25) is 4.90 Å². The van der Waals surface area contributed by atoms with Crippen LogP contribution in [0.4, 0.5) is 0 Å². The average Bonchev–Trinajstić information content (AvgIpc) is 3.22. The minimum atomic E-state index is 0.290. The van der Waals surface area contributed by atoms with Gasteiger partial charge in [0, 0.05) is 31.7 Å². The Morgan fingerprint density at radius 3 is 2.22 bits per heavy atom. The van der Waals surface area contributed by atoms with Gasteiger partial charge in [0.25, 0.3) is 0 Å². The summed E-state index contributed by atoms with van der Waals surface area (Å²) in [6, 6.07) is 0. The average molecular weight is 251 g/mol. The minimum Gasteiger partial charge on any atom is -0.329 e. The Kier molecular flexibility index (Phi) is 3.65. The second-order valence-electron chi connectivity index (χ2n) is 7.06. The van der Waals surface area contributed by atoms with Crippen molar-refractivity contribution in [2.75, 3.05) is 39.8 Å². The summed E-state index contributed by atoms with van der Waals surface area (Å²) in [5.41, 5.74) is 6.52. The first-order valence-electron chi connectivity index (χ1n) is 7.85. The molecule has 3 rings (SSSR count). The Morgan fingerprint density at radius 2 is 1.78 bits per heavy atom. The van der Waals surface area contributed by atoms with Crippen molar-refractivity contribution < 1.29 is 0 Å². The van der Waals surface area contributed by atoms with Crippen LogP contribution in [-0.2, 0) is 0 Å². The summed E-state index contributed by atoms with van der Waals surface area (Å²) >= 11 is 0. The lowest BCUT2D eigenvalue weighted by Crippen LogP contribution is -2.62. The van der Waals surface area contributed by atoms with Crippen molar-refractivity contribution in [3.05, 3.63) is 0 Å². The number of likely N-dealkylation sites (N-methyl/N-ethyl adjacent to an activating group) is 1. The lowest BCUT2D eigenvalue weighted by molar-refractivity contribution is 0.0189. The largest absolute Gasteiger partial charge is 0.329 e. The number of hydrogen-bond donors (Lipinski definition) is 1. The first-order valence-corrected chi connectivity index (χ1v) is 7.85. The van der Waals surface area contributed by atoms with E-state index in [9.17, 15) is 0 Å². The fraction of sp³-hybridized carbons (Fsp3) is 1.00. The molecule has 1 saturated heterocycles. The van der Waals surface area contributed by atoms with Crippen LogP contribution in [0.3, 0.4) is 0 Å². The summed E-state index contributed by atoms with van der Waals surface area (Å²) in [5.74, 6) is 1.97. The van der Waals surface area contributed by atoms with Crippen LogP contribution in [0, 0.1) is 11.8 Å². The highest BCUT2D eigenvalue weighted by Gasteiger charge is 2.42. The molecule has 1 aliphatic heterocycles. The van der Waals surface area contributed by atoms with Gasteiger partial charge < -0.3 is 10.6 Å². The minimum absolute atomic E-state index is 0.290. The van der Waals surface area contributed by atoms with Gasteiger partial charge in [-0.25, -0.2) is 0 Å². The number of rotatable bonds is 6. The fourth-order valence-electron chi connectivity index (χ4n) is 3.58. The molecule has 2 saturated carbocycles. The number of nitrogens with zero attached hydrogens (tertiary/aromatic N) is 2. The zero-order chi connectivity index (χ0) is 12.6. The highest BCUT2D eigenvalue weighted by molar-refractivity contribution is 5.00. The van der Waals surface area contributed by atoms with E-state index in [-0.39, 0.29) is 5.54 Å². The third-order valence-electron chi connectivity index (χ3n) is 5.15. The molecule has 1 atom stereocenters. The standard InChI is InChI=1S/C15H29N3/c1-17-8-2-7-15(11-16,12-17)18(9-13-3-4-13)10-14-5-6-14/h13-14H,2-12,16H2,1H3. The lowest BCUT2D eigenvalue weighted by atomic mass is 9.86. The highest BCUT2D eigenvalue weighted by Crippen LogP contribution is 2.38. The Morgan fingerprint density at radius 1 is 1.17 bits per heavy atom.